The lowest BCUT2D eigenvalue weighted by Crippen LogP contribution is -2.05. The molecule has 0 atom stereocenters. The van der Waals surface area contributed by atoms with Gasteiger partial charge in [-0.05, 0) is 35.7 Å². The van der Waals surface area contributed by atoms with Crippen LogP contribution in [0, 0.1) is 6.92 Å². The van der Waals surface area contributed by atoms with Crippen molar-refractivity contribution in [2.45, 2.75) is 13.5 Å². The first-order chi connectivity index (χ1) is 12.5. The second-order valence-electron chi connectivity index (χ2n) is 6.21. The largest absolute Gasteiger partial charge is 0.506 e. The molecule has 4 nitrogen and oxygen atoms in total. The van der Waals surface area contributed by atoms with Gasteiger partial charge in [-0.2, -0.15) is 0 Å². The topological polar surface area (TPSA) is 70.7 Å². The van der Waals surface area contributed by atoms with Crippen molar-refractivity contribution >= 4 is 22.6 Å². The van der Waals surface area contributed by atoms with Gasteiger partial charge in [-0.1, -0.05) is 35.9 Å². The van der Waals surface area contributed by atoms with Crippen LogP contribution in [0.1, 0.15) is 11.1 Å². The van der Waals surface area contributed by atoms with Crippen LogP contribution >= 0.6 is 11.6 Å². The lowest BCUT2D eigenvalue weighted by molar-refractivity contribution is 0.282. The van der Waals surface area contributed by atoms with Crippen LogP contribution in [0.4, 0.5) is 0 Å². The zero-order chi connectivity index (χ0) is 18.4. The van der Waals surface area contributed by atoms with Gasteiger partial charge in [0.1, 0.15) is 17.1 Å². The van der Waals surface area contributed by atoms with Gasteiger partial charge in [-0.15, -0.1) is 0 Å². The molecule has 0 spiro atoms. The fraction of sp³-hybridized carbons (Fsp3) is 0.0952. The minimum Gasteiger partial charge on any atom is -0.506 e. The molecule has 0 radical (unpaired) electrons. The molecule has 0 unspecified atom stereocenters. The summed E-state index contributed by atoms with van der Waals surface area (Å²) in [4.78, 5) is 12.1. The third-order valence-corrected chi connectivity index (χ3v) is 4.84. The summed E-state index contributed by atoms with van der Waals surface area (Å²) < 4.78 is 5.87. The van der Waals surface area contributed by atoms with E-state index in [1.165, 1.54) is 12.1 Å². The van der Waals surface area contributed by atoms with Crippen molar-refractivity contribution in [3.63, 3.8) is 0 Å². The van der Waals surface area contributed by atoms with Crippen LogP contribution in [-0.4, -0.2) is 10.2 Å². The van der Waals surface area contributed by atoms with Crippen LogP contribution in [0.25, 0.3) is 33.4 Å². The molecule has 2 aromatic carbocycles. The summed E-state index contributed by atoms with van der Waals surface area (Å²) in [5, 5.41) is 20.6. The number of aromatic hydroxyl groups is 1. The van der Waals surface area contributed by atoms with E-state index in [-0.39, 0.29) is 22.8 Å². The van der Waals surface area contributed by atoms with E-state index < -0.39 is 0 Å². The molecule has 26 heavy (non-hydrogen) atoms. The average molecular weight is 367 g/mol. The van der Waals surface area contributed by atoms with Gasteiger partial charge in [0, 0.05) is 28.6 Å². The van der Waals surface area contributed by atoms with Gasteiger partial charge >= 0.3 is 0 Å². The molecule has 0 aromatic heterocycles. The number of phenolic OH excluding ortho intramolecular Hbond substituents is 1. The lowest BCUT2D eigenvalue weighted by atomic mass is 9.90. The van der Waals surface area contributed by atoms with Gasteiger partial charge in [0.05, 0.1) is 11.6 Å². The lowest BCUT2D eigenvalue weighted by Gasteiger charge is -2.18. The minimum absolute atomic E-state index is 0.0990. The highest BCUT2D eigenvalue weighted by Gasteiger charge is 2.21. The molecule has 0 amide bonds. The second-order valence-corrected chi connectivity index (χ2v) is 6.61. The Balaban J connectivity index is 2.25. The van der Waals surface area contributed by atoms with Crippen molar-refractivity contribution in [1.29, 1.82) is 0 Å². The molecule has 1 aliphatic heterocycles. The quantitative estimate of drug-likeness (QED) is 0.503. The van der Waals surface area contributed by atoms with Crippen molar-refractivity contribution < 1.29 is 14.6 Å². The maximum Gasteiger partial charge on any atom is 0.185 e. The van der Waals surface area contributed by atoms with E-state index in [9.17, 15) is 15.0 Å². The highest BCUT2D eigenvalue weighted by atomic mass is 35.5. The summed E-state index contributed by atoms with van der Waals surface area (Å²) >= 11 is 6.14. The summed E-state index contributed by atoms with van der Waals surface area (Å²) in [6, 6.07) is 13.8. The monoisotopic (exact) mass is 366 g/mol. The van der Waals surface area contributed by atoms with E-state index >= 15 is 0 Å². The Labute approximate surface area is 154 Å². The summed E-state index contributed by atoms with van der Waals surface area (Å²) in [6.45, 7) is 1.62. The van der Waals surface area contributed by atoms with Gasteiger partial charge in [-0.3, -0.25) is 4.79 Å². The third-order valence-electron chi connectivity index (χ3n) is 4.54. The van der Waals surface area contributed by atoms with E-state index in [0.29, 0.717) is 22.3 Å². The first kappa shape index (κ1) is 16.6. The fourth-order valence-electron chi connectivity index (χ4n) is 3.23. The number of rotatable bonds is 2. The molecule has 0 saturated heterocycles. The molecular formula is C21H15ClO4. The molecule has 4 rings (SSSR count). The van der Waals surface area contributed by atoms with Crippen molar-refractivity contribution in [3.05, 3.63) is 74.9 Å². The zero-order valence-corrected chi connectivity index (χ0v) is 14.7. The minimum atomic E-state index is -0.129. The zero-order valence-electron chi connectivity index (χ0n) is 13.9. The van der Waals surface area contributed by atoms with E-state index in [1.807, 2.05) is 24.3 Å². The average Bonchev–Trinajstić information content (AvgIpc) is 2.63. The molecule has 0 saturated carbocycles. The summed E-state index contributed by atoms with van der Waals surface area (Å²) in [7, 11) is 0. The Morgan fingerprint density at radius 2 is 1.85 bits per heavy atom. The van der Waals surface area contributed by atoms with Gasteiger partial charge < -0.3 is 14.6 Å². The van der Waals surface area contributed by atoms with E-state index in [4.69, 9.17) is 16.0 Å². The molecule has 2 N–H and O–H groups in total. The van der Waals surface area contributed by atoms with E-state index in [2.05, 4.69) is 0 Å². The summed E-state index contributed by atoms with van der Waals surface area (Å²) in [5.41, 5.74) is 3.99. The number of benzene rings is 3. The molecule has 130 valence electrons. The van der Waals surface area contributed by atoms with Crippen LogP contribution < -0.4 is 5.43 Å². The normalized spacial score (nSPS) is 11.3. The van der Waals surface area contributed by atoms with E-state index in [0.717, 1.165) is 22.3 Å². The Morgan fingerprint density at radius 1 is 1.08 bits per heavy atom. The number of aliphatic hydroxyl groups is 1. The number of aryl methyl sites for hydroxylation is 1. The number of aliphatic hydroxyl groups excluding tert-OH is 1. The third kappa shape index (κ3) is 2.55. The molecule has 5 heteroatoms. The summed E-state index contributed by atoms with van der Waals surface area (Å²) in [6.07, 6.45) is 0. The number of halogens is 1. The number of hydrogen-bond acceptors (Lipinski definition) is 4. The van der Waals surface area contributed by atoms with Crippen molar-refractivity contribution in [2.75, 3.05) is 0 Å². The predicted octanol–water partition coefficient (Wildman–Crippen LogP) is 4.72. The maximum atomic E-state index is 12.1. The molecule has 0 bridgehead atoms. The standard InChI is InChI=1S/C21H15ClO4/c1-11-6-14-19(8-17(11)24)26-20-9-18(25)16(22)7-15(20)21(14)13-5-3-2-4-12(13)10-23/h2-9,23,25H,10H2,1H3. The van der Waals surface area contributed by atoms with Crippen LogP contribution in [0.3, 0.4) is 0 Å². The van der Waals surface area contributed by atoms with Crippen LogP contribution in [0.2, 0.25) is 5.02 Å². The Morgan fingerprint density at radius 3 is 2.62 bits per heavy atom. The Bertz CT molecular complexity index is 1180. The highest BCUT2D eigenvalue weighted by molar-refractivity contribution is 6.33. The molecule has 0 fully saturated rings. The van der Waals surface area contributed by atoms with E-state index in [1.54, 1.807) is 19.1 Å². The van der Waals surface area contributed by atoms with Crippen LogP contribution in [0.15, 0.2) is 57.7 Å². The van der Waals surface area contributed by atoms with Gasteiger partial charge in [0.15, 0.2) is 5.43 Å². The fourth-order valence-corrected chi connectivity index (χ4v) is 3.39. The highest BCUT2D eigenvalue weighted by Crippen LogP contribution is 2.43. The summed E-state index contributed by atoms with van der Waals surface area (Å²) in [5.74, 6) is 0.315. The number of hydrogen-bond donors (Lipinski definition) is 2. The second kappa shape index (κ2) is 6.16. The molecule has 1 heterocycles. The van der Waals surface area contributed by atoms with Crippen molar-refractivity contribution in [3.8, 4) is 28.2 Å². The Hall–Kier alpha value is -2.82. The number of fused-ring (bicyclic) bond motifs is 2. The van der Waals surface area contributed by atoms with Crippen molar-refractivity contribution in [2.24, 2.45) is 0 Å². The van der Waals surface area contributed by atoms with Gasteiger partial charge in [0.25, 0.3) is 0 Å². The molecular weight excluding hydrogens is 352 g/mol. The number of phenols is 1. The first-order valence-electron chi connectivity index (χ1n) is 8.08. The van der Waals surface area contributed by atoms with Crippen molar-refractivity contribution in [1.82, 2.24) is 0 Å². The molecule has 1 aliphatic carbocycles. The van der Waals surface area contributed by atoms with Gasteiger partial charge in [-0.25, -0.2) is 0 Å². The maximum absolute atomic E-state index is 12.1. The smallest absolute Gasteiger partial charge is 0.185 e. The first-order valence-corrected chi connectivity index (χ1v) is 8.46. The van der Waals surface area contributed by atoms with Crippen LogP contribution in [-0.2, 0) is 6.61 Å². The SMILES string of the molecule is Cc1cc2c(-c3ccccc3CO)c3cc(Cl)c(O)cc3oc-2cc1=O. The Kier molecular flexibility index (Phi) is 3.94. The van der Waals surface area contributed by atoms with Gasteiger partial charge in [0.2, 0.25) is 0 Å². The molecule has 2 aliphatic rings. The predicted molar refractivity (Wildman–Crippen MR) is 102 cm³/mol. The molecule has 2 aromatic rings. The van der Waals surface area contributed by atoms with Crippen LogP contribution in [0.5, 0.6) is 5.75 Å².